The van der Waals surface area contributed by atoms with E-state index in [1.807, 2.05) is 32.0 Å². The van der Waals surface area contributed by atoms with Crippen molar-refractivity contribution in [1.29, 1.82) is 0 Å². The average molecular weight is 263 g/mol. The first-order valence-electron chi connectivity index (χ1n) is 6.59. The van der Waals surface area contributed by atoms with Gasteiger partial charge in [0.2, 0.25) is 0 Å². The van der Waals surface area contributed by atoms with Crippen LogP contribution >= 0.6 is 0 Å². The van der Waals surface area contributed by atoms with Crippen LogP contribution in [-0.4, -0.2) is 41.7 Å². The Morgan fingerprint density at radius 1 is 1.37 bits per heavy atom. The first-order valence-corrected chi connectivity index (χ1v) is 6.59. The smallest absolute Gasteiger partial charge is 0.257 e. The molecule has 1 amide bonds. The lowest BCUT2D eigenvalue weighted by Crippen LogP contribution is -2.45. The predicted octanol–water partition coefficient (Wildman–Crippen LogP) is 1.99. The molecule has 2 rings (SSSR count). The van der Waals surface area contributed by atoms with Gasteiger partial charge in [-0.05, 0) is 38.8 Å². The number of carbonyl (C=O) groups excluding carboxylic acids is 1. The maximum Gasteiger partial charge on any atom is 0.257 e. The lowest BCUT2D eigenvalue weighted by atomic mass is 9.93. The number of ether oxygens (including phenoxy) is 1. The first kappa shape index (κ1) is 13.9. The summed E-state index contributed by atoms with van der Waals surface area (Å²) >= 11 is 0. The van der Waals surface area contributed by atoms with E-state index >= 15 is 0 Å². The second-order valence-corrected chi connectivity index (χ2v) is 5.49. The van der Waals surface area contributed by atoms with Gasteiger partial charge in [-0.15, -0.1) is 0 Å². The monoisotopic (exact) mass is 263 g/mol. The van der Waals surface area contributed by atoms with E-state index in [1.165, 1.54) is 0 Å². The van der Waals surface area contributed by atoms with Crippen molar-refractivity contribution in [3.05, 3.63) is 29.3 Å². The molecule has 0 bridgehead atoms. The number of aliphatic hydroxyl groups is 1. The fraction of sp³-hybridized carbons (Fsp3) is 0.533. The van der Waals surface area contributed by atoms with Gasteiger partial charge in [0.1, 0.15) is 5.75 Å². The molecule has 0 aliphatic carbocycles. The fourth-order valence-electron chi connectivity index (χ4n) is 2.35. The maximum atomic E-state index is 12.5. The minimum absolute atomic E-state index is 0.0175. The highest BCUT2D eigenvalue weighted by molar-refractivity contribution is 5.97. The summed E-state index contributed by atoms with van der Waals surface area (Å²) in [7, 11) is 1.57. The number of carbonyl (C=O) groups is 1. The van der Waals surface area contributed by atoms with Crippen molar-refractivity contribution in [2.75, 3.05) is 20.2 Å². The molecule has 4 nitrogen and oxygen atoms in total. The van der Waals surface area contributed by atoms with Gasteiger partial charge in [-0.25, -0.2) is 0 Å². The van der Waals surface area contributed by atoms with Crippen LogP contribution in [0.4, 0.5) is 0 Å². The number of benzene rings is 1. The summed E-state index contributed by atoms with van der Waals surface area (Å²) in [5.74, 6) is 0.587. The molecule has 1 aromatic rings. The molecule has 1 saturated heterocycles. The van der Waals surface area contributed by atoms with Gasteiger partial charge >= 0.3 is 0 Å². The van der Waals surface area contributed by atoms with Crippen LogP contribution in [0, 0.1) is 6.92 Å². The Labute approximate surface area is 114 Å². The van der Waals surface area contributed by atoms with Crippen molar-refractivity contribution in [1.82, 2.24) is 4.90 Å². The Kier molecular flexibility index (Phi) is 3.80. The molecule has 1 fully saturated rings. The third-order valence-electron chi connectivity index (χ3n) is 3.71. The van der Waals surface area contributed by atoms with Crippen molar-refractivity contribution >= 4 is 5.91 Å². The second-order valence-electron chi connectivity index (χ2n) is 5.49. The molecule has 0 aromatic heterocycles. The molecule has 0 atom stereocenters. The second kappa shape index (κ2) is 5.21. The molecule has 0 saturated carbocycles. The van der Waals surface area contributed by atoms with Gasteiger partial charge in [-0.1, -0.05) is 11.6 Å². The number of nitrogens with zero attached hydrogens (tertiary/aromatic N) is 1. The molecule has 1 heterocycles. The van der Waals surface area contributed by atoms with Crippen molar-refractivity contribution in [3.63, 3.8) is 0 Å². The van der Waals surface area contributed by atoms with Gasteiger partial charge < -0.3 is 14.7 Å². The summed E-state index contributed by atoms with van der Waals surface area (Å²) in [5.41, 5.74) is 0.991. The molecule has 0 unspecified atom stereocenters. The molecule has 1 aliphatic rings. The van der Waals surface area contributed by atoms with Crippen LogP contribution in [0.1, 0.15) is 35.7 Å². The van der Waals surface area contributed by atoms with Crippen molar-refractivity contribution < 1.29 is 14.6 Å². The SMILES string of the molecule is COc1ccc(C)cc1C(=O)N1CCC(C)(O)CC1. The summed E-state index contributed by atoms with van der Waals surface area (Å²) < 4.78 is 5.26. The van der Waals surface area contributed by atoms with Gasteiger partial charge in [0.05, 0.1) is 18.3 Å². The topological polar surface area (TPSA) is 49.8 Å². The standard InChI is InChI=1S/C15H21NO3/c1-11-4-5-13(19-3)12(10-11)14(17)16-8-6-15(2,18)7-9-16/h4-5,10,18H,6-9H2,1-3H3. The summed E-state index contributed by atoms with van der Waals surface area (Å²) in [4.78, 5) is 14.3. The van der Waals surface area contributed by atoms with Crippen LogP contribution in [0.3, 0.4) is 0 Å². The summed E-state index contributed by atoms with van der Waals surface area (Å²) in [6, 6.07) is 5.60. The number of methoxy groups -OCH3 is 1. The average Bonchev–Trinajstić information content (AvgIpc) is 2.38. The highest BCUT2D eigenvalue weighted by Gasteiger charge is 2.30. The van der Waals surface area contributed by atoms with Crippen molar-refractivity contribution in [3.8, 4) is 5.75 Å². The summed E-state index contributed by atoms with van der Waals surface area (Å²) in [5, 5.41) is 9.93. The van der Waals surface area contributed by atoms with Crippen molar-refractivity contribution in [2.24, 2.45) is 0 Å². The van der Waals surface area contributed by atoms with E-state index in [1.54, 1.807) is 12.0 Å². The number of hydrogen-bond donors (Lipinski definition) is 1. The number of likely N-dealkylation sites (tertiary alicyclic amines) is 1. The van der Waals surface area contributed by atoms with Gasteiger partial charge in [0.15, 0.2) is 0 Å². The third-order valence-corrected chi connectivity index (χ3v) is 3.71. The first-order chi connectivity index (χ1) is 8.93. The van der Waals surface area contributed by atoms with Crippen LogP contribution < -0.4 is 4.74 Å². The molecular formula is C15H21NO3. The number of hydrogen-bond acceptors (Lipinski definition) is 3. The highest BCUT2D eigenvalue weighted by Crippen LogP contribution is 2.26. The third kappa shape index (κ3) is 3.07. The number of rotatable bonds is 2. The quantitative estimate of drug-likeness (QED) is 0.887. The zero-order valence-corrected chi connectivity index (χ0v) is 11.8. The zero-order valence-electron chi connectivity index (χ0n) is 11.8. The van der Waals surface area contributed by atoms with Crippen LogP contribution in [0.2, 0.25) is 0 Å². The normalized spacial score (nSPS) is 18.2. The van der Waals surface area contributed by atoms with E-state index in [2.05, 4.69) is 0 Å². The molecule has 4 heteroatoms. The minimum Gasteiger partial charge on any atom is -0.496 e. The maximum absolute atomic E-state index is 12.5. The molecule has 1 aromatic carbocycles. The molecule has 1 aliphatic heterocycles. The largest absolute Gasteiger partial charge is 0.496 e. The van der Waals surface area contributed by atoms with E-state index in [-0.39, 0.29) is 5.91 Å². The Morgan fingerprint density at radius 3 is 2.58 bits per heavy atom. The Hall–Kier alpha value is -1.55. The van der Waals surface area contributed by atoms with Crippen LogP contribution in [-0.2, 0) is 0 Å². The van der Waals surface area contributed by atoms with E-state index in [0.29, 0.717) is 37.2 Å². The number of amides is 1. The van der Waals surface area contributed by atoms with E-state index in [4.69, 9.17) is 4.74 Å². The number of aryl methyl sites for hydroxylation is 1. The Balaban J connectivity index is 2.18. The summed E-state index contributed by atoms with van der Waals surface area (Å²) in [6.07, 6.45) is 1.24. The zero-order chi connectivity index (χ0) is 14.0. The van der Waals surface area contributed by atoms with E-state index in [0.717, 1.165) is 5.56 Å². The minimum atomic E-state index is -0.645. The van der Waals surface area contributed by atoms with Crippen LogP contribution in [0.5, 0.6) is 5.75 Å². The lowest BCUT2D eigenvalue weighted by molar-refractivity contribution is -0.00209. The number of piperidine rings is 1. The molecule has 19 heavy (non-hydrogen) atoms. The predicted molar refractivity (Wildman–Crippen MR) is 73.5 cm³/mol. The van der Waals surface area contributed by atoms with Crippen molar-refractivity contribution in [2.45, 2.75) is 32.3 Å². The van der Waals surface area contributed by atoms with Crippen LogP contribution in [0.25, 0.3) is 0 Å². The Morgan fingerprint density at radius 2 is 2.00 bits per heavy atom. The molecule has 1 N–H and O–H groups in total. The highest BCUT2D eigenvalue weighted by atomic mass is 16.5. The lowest BCUT2D eigenvalue weighted by Gasteiger charge is -2.36. The molecule has 0 radical (unpaired) electrons. The van der Waals surface area contributed by atoms with Gasteiger partial charge in [-0.3, -0.25) is 4.79 Å². The van der Waals surface area contributed by atoms with Gasteiger partial charge in [0, 0.05) is 13.1 Å². The fourth-order valence-corrected chi connectivity index (χ4v) is 2.35. The van der Waals surface area contributed by atoms with Gasteiger partial charge in [0.25, 0.3) is 5.91 Å². The van der Waals surface area contributed by atoms with Gasteiger partial charge in [-0.2, -0.15) is 0 Å². The molecule has 104 valence electrons. The van der Waals surface area contributed by atoms with E-state index < -0.39 is 5.60 Å². The summed E-state index contributed by atoms with van der Waals surface area (Å²) in [6.45, 7) is 4.95. The Bertz CT molecular complexity index is 472. The van der Waals surface area contributed by atoms with Crippen LogP contribution in [0.15, 0.2) is 18.2 Å². The molecule has 0 spiro atoms. The van der Waals surface area contributed by atoms with E-state index in [9.17, 15) is 9.90 Å². The molecular weight excluding hydrogens is 242 g/mol.